The fourth-order valence-corrected chi connectivity index (χ4v) is 1.13. The monoisotopic (exact) mass is 224 g/mol. The SMILES string of the molecule is C=C(CC(=O)OCC(C)C)CC(C)=C(C)C. The molecule has 0 aromatic rings. The Morgan fingerprint density at radius 1 is 1.19 bits per heavy atom. The van der Waals surface area contributed by atoms with Crippen LogP contribution in [0.3, 0.4) is 0 Å². The number of carbonyl (C=O) groups is 1. The van der Waals surface area contributed by atoms with Crippen molar-refractivity contribution >= 4 is 5.97 Å². The molecule has 0 rings (SSSR count). The highest BCUT2D eigenvalue weighted by Gasteiger charge is 2.07. The molecule has 0 spiro atoms. The molecule has 0 amide bonds. The summed E-state index contributed by atoms with van der Waals surface area (Å²) in [6.07, 6.45) is 1.12. The summed E-state index contributed by atoms with van der Waals surface area (Å²) in [5, 5.41) is 0. The number of ether oxygens (including phenoxy) is 1. The van der Waals surface area contributed by atoms with Crippen LogP contribution in [0.25, 0.3) is 0 Å². The van der Waals surface area contributed by atoms with Gasteiger partial charge in [0.25, 0.3) is 0 Å². The van der Waals surface area contributed by atoms with Crippen molar-refractivity contribution in [2.75, 3.05) is 6.61 Å². The van der Waals surface area contributed by atoms with Gasteiger partial charge in [0.05, 0.1) is 13.0 Å². The van der Waals surface area contributed by atoms with Crippen LogP contribution in [-0.4, -0.2) is 12.6 Å². The molecule has 0 heterocycles. The van der Waals surface area contributed by atoms with E-state index < -0.39 is 0 Å². The molecule has 0 aliphatic rings. The molecule has 0 aliphatic heterocycles. The molecular formula is C14H24O2. The predicted octanol–water partition coefficient (Wildman–Crippen LogP) is 3.88. The van der Waals surface area contributed by atoms with Gasteiger partial charge in [-0.3, -0.25) is 4.79 Å². The van der Waals surface area contributed by atoms with E-state index in [2.05, 4.69) is 27.4 Å². The third kappa shape index (κ3) is 7.27. The van der Waals surface area contributed by atoms with Gasteiger partial charge in [-0.1, -0.05) is 37.1 Å². The zero-order valence-corrected chi connectivity index (χ0v) is 11.2. The molecule has 2 nitrogen and oxygen atoms in total. The first-order valence-electron chi connectivity index (χ1n) is 5.78. The van der Waals surface area contributed by atoms with Crippen LogP contribution < -0.4 is 0 Å². The maximum Gasteiger partial charge on any atom is 0.309 e. The Morgan fingerprint density at radius 2 is 1.75 bits per heavy atom. The van der Waals surface area contributed by atoms with Gasteiger partial charge in [0.2, 0.25) is 0 Å². The second-order valence-electron chi connectivity index (χ2n) is 4.96. The topological polar surface area (TPSA) is 26.3 Å². The van der Waals surface area contributed by atoms with E-state index in [0.29, 0.717) is 18.9 Å². The van der Waals surface area contributed by atoms with E-state index in [1.165, 1.54) is 11.1 Å². The lowest BCUT2D eigenvalue weighted by atomic mass is 10.0. The Morgan fingerprint density at radius 3 is 2.19 bits per heavy atom. The first kappa shape index (κ1) is 14.9. The summed E-state index contributed by atoms with van der Waals surface area (Å²) in [6, 6.07) is 0. The van der Waals surface area contributed by atoms with Crippen LogP contribution in [0.5, 0.6) is 0 Å². The lowest BCUT2D eigenvalue weighted by molar-refractivity contribution is -0.143. The third-order valence-corrected chi connectivity index (χ3v) is 2.34. The second-order valence-corrected chi connectivity index (χ2v) is 4.96. The summed E-state index contributed by atoms with van der Waals surface area (Å²) in [7, 11) is 0. The van der Waals surface area contributed by atoms with E-state index >= 15 is 0 Å². The van der Waals surface area contributed by atoms with E-state index in [-0.39, 0.29) is 5.97 Å². The van der Waals surface area contributed by atoms with Gasteiger partial charge in [0.1, 0.15) is 0 Å². The predicted molar refractivity (Wildman–Crippen MR) is 68.2 cm³/mol. The number of hydrogen-bond acceptors (Lipinski definition) is 2. The van der Waals surface area contributed by atoms with E-state index in [4.69, 9.17) is 4.74 Å². The van der Waals surface area contributed by atoms with Crippen LogP contribution in [0.2, 0.25) is 0 Å². The van der Waals surface area contributed by atoms with Gasteiger partial charge in [-0.25, -0.2) is 0 Å². The Bertz CT molecular complexity index is 281. The Kier molecular flexibility index (Phi) is 6.78. The van der Waals surface area contributed by atoms with Crippen molar-refractivity contribution in [3.05, 3.63) is 23.3 Å². The van der Waals surface area contributed by atoms with Crippen molar-refractivity contribution in [3.8, 4) is 0 Å². The van der Waals surface area contributed by atoms with Crippen molar-refractivity contribution in [1.82, 2.24) is 0 Å². The molecular weight excluding hydrogens is 200 g/mol. The van der Waals surface area contributed by atoms with Crippen LogP contribution >= 0.6 is 0 Å². The number of esters is 1. The lowest BCUT2D eigenvalue weighted by Crippen LogP contribution is -2.10. The van der Waals surface area contributed by atoms with E-state index in [9.17, 15) is 4.79 Å². The quantitative estimate of drug-likeness (QED) is 0.505. The first-order valence-corrected chi connectivity index (χ1v) is 5.78. The minimum absolute atomic E-state index is 0.166. The molecule has 2 heteroatoms. The summed E-state index contributed by atoms with van der Waals surface area (Å²) in [4.78, 5) is 11.4. The fourth-order valence-electron chi connectivity index (χ4n) is 1.13. The Balaban J connectivity index is 3.97. The summed E-state index contributed by atoms with van der Waals surface area (Å²) in [6.45, 7) is 14.7. The molecule has 0 unspecified atom stereocenters. The third-order valence-electron chi connectivity index (χ3n) is 2.34. The van der Waals surface area contributed by atoms with Gasteiger partial charge in [-0.15, -0.1) is 0 Å². The highest BCUT2D eigenvalue weighted by atomic mass is 16.5. The Hall–Kier alpha value is -1.05. The molecule has 92 valence electrons. The van der Waals surface area contributed by atoms with Gasteiger partial charge in [-0.2, -0.15) is 0 Å². The maximum atomic E-state index is 11.4. The van der Waals surface area contributed by atoms with Crippen molar-refractivity contribution in [3.63, 3.8) is 0 Å². The van der Waals surface area contributed by atoms with Crippen molar-refractivity contribution in [1.29, 1.82) is 0 Å². The highest BCUT2D eigenvalue weighted by Crippen LogP contribution is 2.16. The van der Waals surface area contributed by atoms with Crippen molar-refractivity contribution in [2.45, 2.75) is 47.5 Å². The minimum atomic E-state index is -0.166. The zero-order chi connectivity index (χ0) is 12.7. The van der Waals surface area contributed by atoms with Gasteiger partial charge in [0, 0.05) is 0 Å². The van der Waals surface area contributed by atoms with Crippen LogP contribution in [-0.2, 0) is 9.53 Å². The van der Waals surface area contributed by atoms with Gasteiger partial charge >= 0.3 is 5.97 Å². The molecule has 0 atom stereocenters. The molecule has 0 N–H and O–H groups in total. The van der Waals surface area contributed by atoms with Crippen LogP contribution in [0, 0.1) is 5.92 Å². The standard InChI is InChI=1S/C14H24O2/c1-10(2)9-16-14(15)8-12(5)7-13(6)11(3)4/h10H,5,7-9H2,1-4,6H3. The van der Waals surface area contributed by atoms with Crippen molar-refractivity contribution < 1.29 is 9.53 Å². The van der Waals surface area contributed by atoms with E-state index in [0.717, 1.165) is 12.0 Å². The van der Waals surface area contributed by atoms with Gasteiger partial charge in [-0.05, 0) is 33.1 Å². The molecule has 0 radical (unpaired) electrons. The molecule has 0 aliphatic carbocycles. The normalized spacial score (nSPS) is 10.1. The molecule has 0 aromatic carbocycles. The molecule has 16 heavy (non-hydrogen) atoms. The summed E-state index contributed by atoms with van der Waals surface area (Å²) < 4.78 is 5.10. The molecule has 0 aromatic heterocycles. The van der Waals surface area contributed by atoms with Crippen LogP contribution in [0.4, 0.5) is 0 Å². The second kappa shape index (κ2) is 7.26. The fraction of sp³-hybridized carbons (Fsp3) is 0.643. The largest absolute Gasteiger partial charge is 0.465 e. The summed E-state index contributed by atoms with van der Waals surface area (Å²) in [5.41, 5.74) is 3.49. The Labute approximate surface area is 99.4 Å². The number of rotatable bonds is 6. The first-order chi connectivity index (χ1) is 7.32. The maximum absolute atomic E-state index is 11.4. The smallest absolute Gasteiger partial charge is 0.309 e. The number of hydrogen-bond donors (Lipinski definition) is 0. The van der Waals surface area contributed by atoms with Crippen LogP contribution in [0.1, 0.15) is 47.5 Å². The number of carbonyl (C=O) groups excluding carboxylic acids is 1. The molecule has 0 bridgehead atoms. The summed E-state index contributed by atoms with van der Waals surface area (Å²) in [5.74, 6) is 0.219. The van der Waals surface area contributed by atoms with Gasteiger partial charge < -0.3 is 4.74 Å². The molecule has 0 fully saturated rings. The average Bonchev–Trinajstić information content (AvgIpc) is 2.14. The van der Waals surface area contributed by atoms with Gasteiger partial charge in [0.15, 0.2) is 0 Å². The lowest BCUT2D eigenvalue weighted by Gasteiger charge is -2.09. The zero-order valence-electron chi connectivity index (χ0n) is 11.2. The molecule has 0 saturated heterocycles. The minimum Gasteiger partial charge on any atom is -0.465 e. The van der Waals surface area contributed by atoms with Crippen LogP contribution in [0.15, 0.2) is 23.3 Å². The van der Waals surface area contributed by atoms with E-state index in [1.807, 2.05) is 13.8 Å². The average molecular weight is 224 g/mol. The van der Waals surface area contributed by atoms with E-state index in [1.54, 1.807) is 0 Å². The molecule has 0 saturated carbocycles. The number of allylic oxidation sites excluding steroid dienone is 2. The van der Waals surface area contributed by atoms with Crippen molar-refractivity contribution in [2.24, 2.45) is 5.92 Å². The highest BCUT2D eigenvalue weighted by molar-refractivity contribution is 5.72. The summed E-state index contributed by atoms with van der Waals surface area (Å²) >= 11 is 0.